The van der Waals surface area contributed by atoms with Crippen molar-refractivity contribution in [1.29, 1.82) is 0 Å². The number of rotatable bonds is 6. The fraction of sp³-hybridized carbons (Fsp3) is 0.412. The SMILES string of the molecule is C=C(NCc1cc2cc(Cl)c(C(C)C)cc2[nH]1)C(F)(F)CC. The van der Waals surface area contributed by atoms with Crippen molar-refractivity contribution in [2.24, 2.45) is 0 Å². The van der Waals surface area contributed by atoms with E-state index in [2.05, 4.69) is 30.7 Å². The lowest BCUT2D eigenvalue weighted by molar-refractivity contribution is 0.0306. The van der Waals surface area contributed by atoms with E-state index >= 15 is 0 Å². The number of allylic oxidation sites excluding steroid dienone is 1. The van der Waals surface area contributed by atoms with Gasteiger partial charge in [0.05, 0.1) is 12.2 Å². The summed E-state index contributed by atoms with van der Waals surface area (Å²) >= 11 is 6.27. The Bertz CT molecular complexity index is 689. The molecule has 0 aliphatic rings. The highest BCUT2D eigenvalue weighted by atomic mass is 35.5. The quantitative estimate of drug-likeness (QED) is 0.711. The predicted octanol–water partition coefficient (Wildman–Crippen LogP) is 5.59. The van der Waals surface area contributed by atoms with Crippen LogP contribution < -0.4 is 5.32 Å². The zero-order valence-corrected chi connectivity index (χ0v) is 13.8. The van der Waals surface area contributed by atoms with Crippen molar-refractivity contribution in [2.45, 2.75) is 45.6 Å². The van der Waals surface area contributed by atoms with Gasteiger partial charge in [-0.3, -0.25) is 0 Å². The average Bonchev–Trinajstić information content (AvgIpc) is 2.85. The summed E-state index contributed by atoms with van der Waals surface area (Å²) < 4.78 is 26.9. The molecule has 1 heterocycles. The van der Waals surface area contributed by atoms with Crippen LogP contribution in [0.4, 0.5) is 8.78 Å². The van der Waals surface area contributed by atoms with Crippen LogP contribution in [0.3, 0.4) is 0 Å². The van der Waals surface area contributed by atoms with Crippen molar-refractivity contribution in [1.82, 2.24) is 10.3 Å². The van der Waals surface area contributed by atoms with Crippen molar-refractivity contribution < 1.29 is 8.78 Å². The van der Waals surface area contributed by atoms with E-state index in [-0.39, 0.29) is 18.7 Å². The van der Waals surface area contributed by atoms with E-state index in [1.807, 2.05) is 18.2 Å². The average molecular weight is 327 g/mol. The Hall–Kier alpha value is -1.55. The minimum Gasteiger partial charge on any atom is -0.378 e. The molecule has 2 N–H and O–H groups in total. The van der Waals surface area contributed by atoms with Crippen LogP contribution in [-0.2, 0) is 6.54 Å². The van der Waals surface area contributed by atoms with E-state index < -0.39 is 5.92 Å². The lowest BCUT2D eigenvalue weighted by Gasteiger charge is -2.18. The minimum absolute atomic E-state index is 0.255. The fourth-order valence-corrected chi connectivity index (χ4v) is 2.70. The van der Waals surface area contributed by atoms with Crippen LogP contribution in [0.25, 0.3) is 10.9 Å². The molecular formula is C17H21ClF2N2. The van der Waals surface area contributed by atoms with Crippen LogP contribution >= 0.6 is 11.6 Å². The van der Waals surface area contributed by atoms with Crippen LogP contribution in [-0.4, -0.2) is 10.9 Å². The van der Waals surface area contributed by atoms with Gasteiger partial charge in [-0.05, 0) is 29.7 Å². The molecule has 0 saturated heterocycles. The highest BCUT2D eigenvalue weighted by Gasteiger charge is 2.30. The van der Waals surface area contributed by atoms with Crippen LogP contribution in [0.5, 0.6) is 0 Å². The Labute approximate surface area is 134 Å². The van der Waals surface area contributed by atoms with Crippen LogP contribution in [0.2, 0.25) is 5.02 Å². The Morgan fingerprint density at radius 3 is 2.64 bits per heavy atom. The van der Waals surface area contributed by atoms with Crippen molar-refractivity contribution in [3.63, 3.8) is 0 Å². The summed E-state index contributed by atoms with van der Waals surface area (Å²) in [4.78, 5) is 3.24. The molecule has 1 aromatic carbocycles. The number of hydrogen-bond donors (Lipinski definition) is 2. The third-order valence-corrected chi connectivity index (χ3v) is 4.12. The first kappa shape index (κ1) is 16.8. The summed E-state index contributed by atoms with van der Waals surface area (Å²) in [5.41, 5.74) is 2.59. The normalized spacial score (nSPS) is 12.1. The molecule has 2 nitrogen and oxygen atoms in total. The van der Waals surface area contributed by atoms with Gasteiger partial charge in [-0.15, -0.1) is 0 Å². The number of fused-ring (bicyclic) bond motifs is 1. The molecule has 0 aliphatic heterocycles. The van der Waals surface area contributed by atoms with Gasteiger partial charge >= 0.3 is 0 Å². The third kappa shape index (κ3) is 3.43. The zero-order chi connectivity index (χ0) is 16.5. The molecule has 2 rings (SSSR count). The molecule has 0 spiro atoms. The van der Waals surface area contributed by atoms with Gasteiger partial charge in [-0.1, -0.05) is 39.0 Å². The molecule has 120 valence electrons. The van der Waals surface area contributed by atoms with Gasteiger partial charge in [0.15, 0.2) is 0 Å². The molecular weight excluding hydrogens is 306 g/mol. The van der Waals surface area contributed by atoms with Crippen LogP contribution in [0.15, 0.2) is 30.5 Å². The van der Waals surface area contributed by atoms with Crippen molar-refractivity contribution in [3.05, 3.63) is 46.8 Å². The lowest BCUT2D eigenvalue weighted by atomic mass is 10.0. The lowest BCUT2D eigenvalue weighted by Crippen LogP contribution is -2.28. The maximum Gasteiger partial charge on any atom is 0.286 e. The topological polar surface area (TPSA) is 27.8 Å². The molecule has 0 bridgehead atoms. The monoisotopic (exact) mass is 326 g/mol. The van der Waals surface area contributed by atoms with Crippen LogP contribution in [0.1, 0.15) is 44.4 Å². The Morgan fingerprint density at radius 1 is 1.36 bits per heavy atom. The number of H-pyrrole nitrogens is 1. The first-order chi connectivity index (χ1) is 10.2. The number of hydrogen-bond acceptors (Lipinski definition) is 1. The molecule has 0 unspecified atom stereocenters. The number of alkyl halides is 2. The zero-order valence-electron chi connectivity index (χ0n) is 13.1. The van der Waals surface area contributed by atoms with E-state index in [9.17, 15) is 8.78 Å². The molecule has 0 amide bonds. The Balaban J connectivity index is 2.18. The summed E-state index contributed by atoms with van der Waals surface area (Å²) in [6.45, 7) is 9.29. The molecule has 0 saturated carbocycles. The summed E-state index contributed by atoms with van der Waals surface area (Å²) in [5, 5.41) is 4.39. The maximum atomic E-state index is 13.5. The second-order valence-corrected chi connectivity index (χ2v) is 6.21. The summed E-state index contributed by atoms with van der Waals surface area (Å²) in [5.74, 6) is -2.56. The maximum absolute atomic E-state index is 13.5. The molecule has 0 radical (unpaired) electrons. The van der Waals surface area contributed by atoms with Gasteiger partial charge in [0.25, 0.3) is 5.92 Å². The highest BCUT2D eigenvalue weighted by molar-refractivity contribution is 6.32. The van der Waals surface area contributed by atoms with Gasteiger partial charge in [0.2, 0.25) is 0 Å². The van der Waals surface area contributed by atoms with Gasteiger partial charge < -0.3 is 10.3 Å². The predicted molar refractivity (Wildman–Crippen MR) is 88.6 cm³/mol. The standard InChI is InChI=1S/C17H21ClF2N2/c1-5-17(19,20)11(4)21-9-13-6-12-7-15(18)14(10(2)3)8-16(12)22-13/h6-8,10,21-22H,4-5,9H2,1-3H3. The number of nitrogens with one attached hydrogen (secondary N) is 2. The third-order valence-electron chi connectivity index (χ3n) is 3.79. The van der Waals surface area contributed by atoms with Crippen molar-refractivity contribution in [3.8, 4) is 0 Å². The van der Waals surface area contributed by atoms with Gasteiger partial charge in [0.1, 0.15) is 0 Å². The van der Waals surface area contributed by atoms with Gasteiger partial charge in [-0.2, -0.15) is 8.78 Å². The first-order valence-corrected chi connectivity index (χ1v) is 7.74. The van der Waals surface area contributed by atoms with Crippen molar-refractivity contribution >= 4 is 22.5 Å². The first-order valence-electron chi connectivity index (χ1n) is 7.36. The smallest absolute Gasteiger partial charge is 0.286 e. The molecule has 1 aromatic heterocycles. The summed E-state index contributed by atoms with van der Waals surface area (Å²) in [6.07, 6.45) is -0.265. The van der Waals surface area contributed by atoms with E-state index in [4.69, 9.17) is 11.6 Å². The highest BCUT2D eigenvalue weighted by Crippen LogP contribution is 2.30. The molecule has 5 heteroatoms. The number of benzene rings is 1. The van der Waals surface area contributed by atoms with Gasteiger partial charge in [-0.25, -0.2) is 0 Å². The summed E-state index contributed by atoms with van der Waals surface area (Å²) in [7, 11) is 0. The molecule has 2 aromatic rings. The second kappa shape index (κ2) is 6.29. The molecule has 0 fully saturated rings. The van der Waals surface area contributed by atoms with Crippen LogP contribution in [0, 0.1) is 0 Å². The van der Waals surface area contributed by atoms with E-state index in [1.54, 1.807) is 0 Å². The molecule has 22 heavy (non-hydrogen) atoms. The van der Waals surface area contributed by atoms with Crippen molar-refractivity contribution in [2.75, 3.05) is 0 Å². The van der Waals surface area contributed by atoms with E-state index in [0.29, 0.717) is 5.92 Å². The fourth-order valence-electron chi connectivity index (χ4n) is 2.31. The number of aromatic amines is 1. The second-order valence-electron chi connectivity index (χ2n) is 5.80. The Kier molecular flexibility index (Phi) is 4.81. The van der Waals surface area contributed by atoms with E-state index in [1.165, 1.54) is 6.92 Å². The largest absolute Gasteiger partial charge is 0.378 e. The number of aromatic nitrogens is 1. The van der Waals surface area contributed by atoms with E-state index in [0.717, 1.165) is 27.2 Å². The summed E-state index contributed by atoms with van der Waals surface area (Å²) in [6, 6.07) is 5.83. The Morgan fingerprint density at radius 2 is 2.05 bits per heavy atom. The minimum atomic E-state index is -2.89. The number of halogens is 3. The van der Waals surface area contributed by atoms with Gasteiger partial charge in [0, 0.05) is 28.0 Å². The molecule has 0 atom stereocenters. The molecule has 0 aliphatic carbocycles.